The van der Waals surface area contributed by atoms with Crippen molar-refractivity contribution in [2.45, 2.75) is 25.6 Å². The molecular formula is C14H14F3N3O4. The first-order chi connectivity index (χ1) is 11.1. The predicted octanol–water partition coefficient (Wildman–Crippen LogP) is 1.80. The van der Waals surface area contributed by atoms with Crippen LogP contribution in [0, 0.1) is 17.0 Å². The molecule has 2 amide bonds. The maximum absolute atomic E-state index is 12.4. The molecule has 1 atom stereocenters. The SMILES string of the molecule is Cc1cccc([N+](=O)[O-])c1C(=O)NC1CC(=O)N(CC(F)(F)F)C1. The summed E-state index contributed by atoms with van der Waals surface area (Å²) < 4.78 is 37.1. The van der Waals surface area contributed by atoms with Crippen molar-refractivity contribution in [3.8, 4) is 0 Å². The molecule has 0 aliphatic carbocycles. The van der Waals surface area contributed by atoms with Gasteiger partial charge in [0.2, 0.25) is 5.91 Å². The topological polar surface area (TPSA) is 92.5 Å². The van der Waals surface area contributed by atoms with Gasteiger partial charge in [-0.2, -0.15) is 13.2 Å². The molecule has 1 heterocycles. The number of amides is 2. The summed E-state index contributed by atoms with van der Waals surface area (Å²) >= 11 is 0. The Bertz CT molecular complexity index is 690. The Morgan fingerprint density at radius 2 is 2.12 bits per heavy atom. The van der Waals surface area contributed by atoms with Crippen molar-refractivity contribution in [2.24, 2.45) is 0 Å². The summed E-state index contributed by atoms with van der Waals surface area (Å²) in [6.07, 6.45) is -4.80. The van der Waals surface area contributed by atoms with Crippen molar-refractivity contribution in [2.75, 3.05) is 13.1 Å². The molecule has 1 aliphatic rings. The molecule has 10 heteroatoms. The molecule has 0 aromatic heterocycles. The molecule has 0 spiro atoms. The number of benzene rings is 1. The lowest BCUT2D eigenvalue weighted by atomic mass is 10.1. The van der Waals surface area contributed by atoms with E-state index < -0.39 is 41.2 Å². The Hall–Kier alpha value is -2.65. The minimum atomic E-state index is -4.52. The Kier molecular flexibility index (Phi) is 4.76. The fraction of sp³-hybridized carbons (Fsp3) is 0.429. The maximum Gasteiger partial charge on any atom is 0.406 e. The average Bonchev–Trinajstić information content (AvgIpc) is 2.75. The summed E-state index contributed by atoms with van der Waals surface area (Å²) in [5.74, 6) is -1.51. The van der Waals surface area contributed by atoms with E-state index in [1.165, 1.54) is 19.1 Å². The van der Waals surface area contributed by atoms with Crippen molar-refractivity contribution in [3.05, 3.63) is 39.4 Å². The summed E-state index contributed by atoms with van der Waals surface area (Å²) in [6, 6.07) is 3.27. The highest BCUT2D eigenvalue weighted by Crippen LogP contribution is 2.24. The lowest BCUT2D eigenvalue weighted by molar-refractivity contribution is -0.385. The smallest absolute Gasteiger partial charge is 0.347 e. The summed E-state index contributed by atoms with van der Waals surface area (Å²) in [7, 11) is 0. The van der Waals surface area contributed by atoms with Crippen LogP contribution in [0.5, 0.6) is 0 Å². The number of nitro groups is 1. The summed E-state index contributed by atoms with van der Waals surface area (Å²) in [5, 5.41) is 13.4. The van der Waals surface area contributed by atoms with E-state index in [0.29, 0.717) is 10.5 Å². The van der Waals surface area contributed by atoms with Crippen molar-refractivity contribution < 1.29 is 27.7 Å². The highest BCUT2D eigenvalue weighted by atomic mass is 19.4. The van der Waals surface area contributed by atoms with Gasteiger partial charge in [0.05, 0.1) is 11.0 Å². The molecule has 24 heavy (non-hydrogen) atoms. The standard InChI is InChI=1S/C14H14F3N3O4/c1-8-3-2-4-10(20(23)24)12(8)13(22)18-9-5-11(21)19(6-9)7-14(15,16)17/h2-4,9H,5-7H2,1H3,(H,18,22). The van der Waals surface area contributed by atoms with E-state index in [0.717, 1.165) is 6.07 Å². The molecule has 130 valence electrons. The van der Waals surface area contributed by atoms with Gasteiger partial charge in [-0.05, 0) is 12.5 Å². The Labute approximate surface area is 134 Å². The number of alkyl halides is 3. The molecule has 1 N–H and O–H groups in total. The Balaban J connectivity index is 2.12. The molecule has 0 radical (unpaired) electrons. The molecule has 1 fully saturated rings. The first-order valence-electron chi connectivity index (χ1n) is 6.98. The summed E-state index contributed by atoms with van der Waals surface area (Å²) in [4.78, 5) is 34.8. The third-order valence-electron chi connectivity index (χ3n) is 3.59. The zero-order valence-electron chi connectivity index (χ0n) is 12.6. The molecule has 0 saturated carbocycles. The molecule has 1 unspecified atom stereocenters. The van der Waals surface area contributed by atoms with Gasteiger partial charge in [-0.3, -0.25) is 19.7 Å². The van der Waals surface area contributed by atoms with E-state index in [1.807, 2.05) is 0 Å². The van der Waals surface area contributed by atoms with Crippen LogP contribution < -0.4 is 5.32 Å². The number of nitrogens with one attached hydrogen (secondary N) is 1. The zero-order valence-corrected chi connectivity index (χ0v) is 12.6. The lowest BCUT2D eigenvalue weighted by Crippen LogP contribution is -2.40. The van der Waals surface area contributed by atoms with Gasteiger partial charge in [0.1, 0.15) is 12.1 Å². The number of rotatable bonds is 4. The molecule has 0 bridgehead atoms. The van der Waals surface area contributed by atoms with Gasteiger partial charge >= 0.3 is 6.18 Å². The summed E-state index contributed by atoms with van der Waals surface area (Å²) in [5.41, 5.74) is -0.202. The van der Waals surface area contributed by atoms with Gasteiger partial charge in [0.15, 0.2) is 0 Å². The molecule has 1 aromatic rings. The molecule has 1 aliphatic heterocycles. The molecule has 1 saturated heterocycles. The van der Waals surface area contributed by atoms with Gasteiger partial charge in [-0.25, -0.2) is 0 Å². The van der Waals surface area contributed by atoms with E-state index in [9.17, 15) is 32.9 Å². The monoisotopic (exact) mass is 345 g/mol. The Morgan fingerprint density at radius 3 is 2.71 bits per heavy atom. The minimum absolute atomic E-state index is 0.163. The second kappa shape index (κ2) is 6.46. The maximum atomic E-state index is 12.4. The number of carbonyl (C=O) groups is 2. The van der Waals surface area contributed by atoms with E-state index in [4.69, 9.17) is 0 Å². The quantitative estimate of drug-likeness (QED) is 0.665. The van der Waals surface area contributed by atoms with Crippen LogP contribution in [0.15, 0.2) is 18.2 Å². The first-order valence-corrected chi connectivity index (χ1v) is 6.98. The lowest BCUT2D eigenvalue weighted by Gasteiger charge is -2.18. The van der Waals surface area contributed by atoms with Crippen molar-refractivity contribution in [1.29, 1.82) is 0 Å². The zero-order chi connectivity index (χ0) is 18.1. The van der Waals surface area contributed by atoms with Crippen LogP contribution in [0.3, 0.4) is 0 Å². The van der Waals surface area contributed by atoms with Gasteiger partial charge in [-0.15, -0.1) is 0 Å². The largest absolute Gasteiger partial charge is 0.406 e. The van der Waals surface area contributed by atoms with Crippen LogP contribution in [0.25, 0.3) is 0 Å². The molecule has 2 rings (SSSR count). The van der Waals surface area contributed by atoms with Crippen LogP contribution in [-0.4, -0.2) is 46.9 Å². The second-order valence-corrected chi connectivity index (χ2v) is 5.49. The number of aryl methyl sites for hydroxylation is 1. The number of likely N-dealkylation sites (tertiary alicyclic amines) is 1. The van der Waals surface area contributed by atoms with Crippen molar-refractivity contribution in [1.82, 2.24) is 10.2 Å². The number of hydrogen-bond acceptors (Lipinski definition) is 4. The highest BCUT2D eigenvalue weighted by molar-refractivity contribution is 6.00. The molecule has 1 aromatic carbocycles. The number of nitrogens with zero attached hydrogens (tertiary/aromatic N) is 2. The normalized spacial score (nSPS) is 17.9. The minimum Gasteiger partial charge on any atom is -0.347 e. The van der Waals surface area contributed by atoms with Gasteiger partial charge < -0.3 is 10.2 Å². The van der Waals surface area contributed by atoms with Crippen molar-refractivity contribution in [3.63, 3.8) is 0 Å². The van der Waals surface area contributed by atoms with E-state index >= 15 is 0 Å². The van der Waals surface area contributed by atoms with Crippen LogP contribution in [0.1, 0.15) is 22.3 Å². The molecular weight excluding hydrogens is 331 g/mol. The molecule has 7 nitrogen and oxygen atoms in total. The van der Waals surface area contributed by atoms with Gasteiger partial charge in [0, 0.05) is 19.0 Å². The second-order valence-electron chi connectivity index (χ2n) is 5.49. The van der Waals surface area contributed by atoms with Crippen LogP contribution in [-0.2, 0) is 4.79 Å². The van der Waals surface area contributed by atoms with Crippen molar-refractivity contribution >= 4 is 17.5 Å². The summed E-state index contributed by atoms with van der Waals surface area (Å²) in [6.45, 7) is -0.163. The van der Waals surface area contributed by atoms with E-state index in [2.05, 4.69) is 5.32 Å². The van der Waals surface area contributed by atoms with E-state index in [-0.39, 0.29) is 18.5 Å². The number of carbonyl (C=O) groups excluding carboxylic acids is 2. The van der Waals surface area contributed by atoms with Crippen LogP contribution in [0.4, 0.5) is 18.9 Å². The fourth-order valence-electron chi connectivity index (χ4n) is 2.60. The predicted molar refractivity (Wildman–Crippen MR) is 76.3 cm³/mol. The fourth-order valence-corrected chi connectivity index (χ4v) is 2.60. The van der Waals surface area contributed by atoms with Gasteiger partial charge in [0.25, 0.3) is 11.6 Å². The number of nitro benzene ring substituents is 1. The third kappa shape index (κ3) is 4.00. The van der Waals surface area contributed by atoms with Crippen LogP contribution in [0.2, 0.25) is 0 Å². The number of hydrogen-bond donors (Lipinski definition) is 1. The highest BCUT2D eigenvalue weighted by Gasteiger charge is 2.39. The first kappa shape index (κ1) is 17.7. The van der Waals surface area contributed by atoms with Crippen LogP contribution >= 0.6 is 0 Å². The Morgan fingerprint density at radius 1 is 1.46 bits per heavy atom. The van der Waals surface area contributed by atoms with Gasteiger partial charge in [-0.1, -0.05) is 12.1 Å². The average molecular weight is 345 g/mol. The third-order valence-corrected chi connectivity index (χ3v) is 3.59. The number of halogens is 3. The van der Waals surface area contributed by atoms with E-state index in [1.54, 1.807) is 0 Å².